The molecule has 2 rings (SSSR count). The van der Waals surface area contributed by atoms with Crippen LogP contribution in [0.3, 0.4) is 0 Å². The van der Waals surface area contributed by atoms with Crippen molar-refractivity contribution < 1.29 is 23.8 Å². The topological polar surface area (TPSA) is 97.9 Å². The fraction of sp³-hybridized carbons (Fsp3) is 0.286. The smallest absolute Gasteiger partial charge is 0.276 e. The molecule has 30 heavy (non-hydrogen) atoms. The Hall–Kier alpha value is -3.33. The molecule has 0 heterocycles. The number of hydrogen-bond acceptors (Lipinski definition) is 6. The zero-order valence-corrected chi connectivity index (χ0v) is 17.9. The van der Waals surface area contributed by atoms with Gasteiger partial charge in [0.15, 0.2) is 23.2 Å². The average Bonchev–Trinajstić information content (AvgIpc) is 2.76. The Kier molecular flexibility index (Phi) is 8.89. The molecule has 3 N–H and O–H groups in total. The minimum atomic E-state index is -0.482. The molecule has 0 aliphatic heterocycles. The van der Waals surface area contributed by atoms with E-state index in [9.17, 15) is 9.59 Å². The van der Waals surface area contributed by atoms with Crippen LogP contribution >= 0.6 is 12.2 Å². The van der Waals surface area contributed by atoms with Gasteiger partial charge in [0.25, 0.3) is 11.8 Å². The molecular formula is C21H25N3O5S. The van der Waals surface area contributed by atoms with Crippen LogP contribution in [0.4, 0.5) is 0 Å². The lowest BCUT2D eigenvalue weighted by atomic mass is 10.2. The molecule has 0 radical (unpaired) electrons. The summed E-state index contributed by atoms with van der Waals surface area (Å²) in [5.41, 5.74) is 5.21. The molecule has 2 amide bonds. The van der Waals surface area contributed by atoms with Gasteiger partial charge in [0.2, 0.25) is 0 Å². The molecule has 8 nitrogen and oxygen atoms in total. The molecule has 0 aromatic heterocycles. The van der Waals surface area contributed by atoms with Crippen molar-refractivity contribution in [3.8, 4) is 17.2 Å². The first-order chi connectivity index (χ1) is 14.4. The van der Waals surface area contributed by atoms with Crippen LogP contribution in [0, 0.1) is 0 Å². The fourth-order valence-electron chi connectivity index (χ4n) is 2.25. The predicted octanol–water partition coefficient (Wildman–Crippen LogP) is 2.59. The molecular weight excluding hydrogens is 406 g/mol. The van der Waals surface area contributed by atoms with Gasteiger partial charge in [-0.15, -0.1) is 0 Å². The minimum Gasteiger partial charge on any atom is -0.493 e. The number of hydrogen-bond donors (Lipinski definition) is 3. The summed E-state index contributed by atoms with van der Waals surface area (Å²) in [6.07, 6.45) is 0.981. The number of nitrogens with one attached hydrogen (secondary N) is 3. The van der Waals surface area contributed by atoms with Gasteiger partial charge in [-0.05, 0) is 62.0 Å². The van der Waals surface area contributed by atoms with Crippen LogP contribution in [0.15, 0.2) is 48.5 Å². The summed E-state index contributed by atoms with van der Waals surface area (Å²) in [6, 6.07) is 13.7. The van der Waals surface area contributed by atoms with Crippen molar-refractivity contribution in [3.63, 3.8) is 0 Å². The molecule has 0 fully saturated rings. The minimum absolute atomic E-state index is 0.0504. The monoisotopic (exact) mass is 431 g/mol. The Morgan fingerprint density at radius 1 is 1.03 bits per heavy atom. The molecule has 0 aliphatic carbocycles. The molecule has 2 aromatic carbocycles. The number of rotatable bonds is 8. The van der Waals surface area contributed by atoms with E-state index in [4.69, 9.17) is 26.4 Å². The van der Waals surface area contributed by atoms with E-state index in [2.05, 4.69) is 16.2 Å². The second-order valence-electron chi connectivity index (χ2n) is 6.26. The number of ether oxygens (including phenoxy) is 3. The number of amides is 2. The number of thiocarbonyl (C=S) groups is 1. The number of para-hydroxylation sites is 2. The standard InChI is InChI=1S/C21H25N3O5S/c1-4-14(2)29-16-11-9-15(10-12-16)20(26)22-21(30)24-23-19(25)13-28-18-8-6-5-7-17(18)27-3/h5-12,14H,4,13H2,1-3H3,(H,23,25)(H2,22,24,26,30). The highest BCUT2D eigenvalue weighted by Crippen LogP contribution is 2.25. The van der Waals surface area contributed by atoms with Crippen molar-refractivity contribution >= 4 is 29.1 Å². The number of carbonyl (C=O) groups excluding carboxylic acids is 2. The Balaban J connectivity index is 1.75. The molecule has 1 unspecified atom stereocenters. The normalized spacial score (nSPS) is 11.0. The van der Waals surface area contributed by atoms with Crippen molar-refractivity contribution in [1.82, 2.24) is 16.2 Å². The third-order valence-electron chi connectivity index (χ3n) is 4.00. The zero-order valence-electron chi connectivity index (χ0n) is 17.1. The maximum Gasteiger partial charge on any atom is 0.276 e. The highest BCUT2D eigenvalue weighted by Gasteiger charge is 2.11. The van der Waals surface area contributed by atoms with Crippen LogP contribution in [-0.2, 0) is 4.79 Å². The number of benzene rings is 2. The first kappa shape index (κ1) is 23.0. The molecule has 160 valence electrons. The first-order valence-corrected chi connectivity index (χ1v) is 9.76. The lowest BCUT2D eigenvalue weighted by molar-refractivity contribution is -0.123. The van der Waals surface area contributed by atoms with Crippen molar-refractivity contribution in [2.24, 2.45) is 0 Å². The van der Waals surface area contributed by atoms with Gasteiger partial charge in [0, 0.05) is 5.56 Å². The summed E-state index contributed by atoms with van der Waals surface area (Å²) >= 11 is 5.02. The third kappa shape index (κ3) is 7.25. The van der Waals surface area contributed by atoms with E-state index in [0.717, 1.165) is 6.42 Å². The van der Waals surface area contributed by atoms with Crippen molar-refractivity contribution in [1.29, 1.82) is 0 Å². The van der Waals surface area contributed by atoms with Gasteiger partial charge < -0.3 is 14.2 Å². The molecule has 0 spiro atoms. The predicted molar refractivity (Wildman–Crippen MR) is 117 cm³/mol. The van der Waals surface area contributed by atoms with E-state index in [1.807, 2.05) is 13.8 Å². The molecule has 0 aliphatic rings. The summed E-state index contributed by atoms with van der Waals surface area (Å²) in [5.74, 6) is 0.739. The lowest BCUT2D eigenvalue weighted by Gasteiger charge is -2.14. The Morgan fingerprint density at radius 3 is 2.33 bits per heavy atom. The van der Waals surface area contributed by atoms with Crippen LogP contribution in [-0.4, -0.2) is 36.7 Å². The highest BCUT2D eigenvalue weighted by molar-refractivity contribution is 7.80. The van der Waals surface area contributed by atoms with Crippen LogP contribution in [0.5, 0.6) is 17.2 Å². The van der Waals surface area contributed by atoms with Gasteiger partial charge in [-0.3, -0.25) is 25.8 Å². The molecule has 1 atom stereocenters. The van der Waals surface area contributed by atoms with E-state index >= 15 is 0 Å². The van der Waals surface area contributed by atoms with Gasteiger partial charge in [-0.25, -0.2) is 0 Å². The maximum absolute atomic E-state index is 12.2. The molecule has 0 saturated heterocycles. The third-order valence-corrected chi connectivity index (χ3v) is 4.20. The van der Waals surface area contributed by atoms with E-state index in [1.54, 1.807) is 48.5 Å². The quantitative estimate of drug-likeness (QED) is 0.437. The van der Waals surface area contributed by atoms with Gasteiger partial charge in [0.1, 0.15) is 5.75 Å². The largest absolute Gasteiger partial charge is 0.493 e. The number of methoxy groups -OCH3 is 1. The van der Waals surface area contributed by atoms with Crippen molar-refractivity contribution in [2.75, 3.05) is 13.7 Å². The summed E-state index contributed by atoms with van der Waals surface area (Å²) < 4.78 is 16.2. The van der Waals surface area contributed by atoms with E-state index in [-0.39, 0.29) is 17.8 Å². The average molecular weight is 432 g/mol. The SMILES string of the molecule is CCC(C)Oc1ccc(C(=O)NC(=S)NNC(=O)COc2ccccc2OC)cc1. The summed E-state index contributed by atoms with van der Waals surface area (Å²) in [6.45, 7) is 3.74. The second kappa shape index (κ2) is 11.6. The summed E-state index contributed by atoms with van der Waals surface area (Å²) in [4.78, 5) is 24.1. The van der Waals surface area contributed by atoms with E-state index in [1.165, 1.54) is 7.11 Å². The molecule has 0 bridgehead atoms. The van der Waals surface area contributed by atoms with Crippen LogP contribution in [0.25, 0.3) is 0 Å². The highest BCUT2D eigenvalue weighted by atomic mass is 32.1. The summed E-state index contributed by atoms with van der Waals surface area (Å²) in [7, 11) is 1.51. The van der Waals surface area contributed by atoms with Gasteiger partial charge in [0.05, 0.1) is 13.2 Å². The number of carbonyl (C=O) groups is 2. The van der Waals surface area contributed by atoms with Gasteiger partial charge >= 0.3 is 0 Å². The van der Waals surface area contributed by atoms with Crippen LogP contribution in [0.2, 0.25) is 0 Å². The Bertz CT molecular complexity index is 873. The lowest BCUT2D eigenvalue weighted by Crippen LogP contribution is -2.49. The molecule has 9 heteroatoms. The first-order valence-electron chi connectivity index (χ1n) is 9.35. The second-order valence-corrected chi connectivity index (χ2v) is 6.67. The van der Waals surface area contributed by atoms with E-state index in [0.29, 0.717) is 22.8 Å². The Labute approximate surface area is 180 Å². The van der Waals surface area contributed by atoms with Crippen LogP contribution in [0.1, 0.15) is 30.6 Å². The van der Waals surface area contributed by atoms with E-state index < -0.39 is 11.8 Å². The Morgan fingerprint density at radius 2 is 1.70 bits per heavy atom. The van der Waals surface area contributed by atoms with Crippen LogP contribution < -0.4 is 30.4 Å². The molecule has 0 saturated carbocycles. The zero-order chi connectivity index (χ0) is 21.9. The van der Waals surface area contributed by atoms with Crippen molar-refractivity contribution in [3.05, 3.63) is 54.1 Å². The van der Waals surface area contributed by atoms with Gasteiger partial charge in [-0.2, -0.15) is 0 Å². The fourth-order valence-corrected chi connectivity index (χ4v) is 2.39. The summed E-state index contributed by atoms with van der Waals surface area (Å²) in [5, 5.41) is 2.43. The van der Waals surface area contributed by atoms with Gasteiger partial charge in [-0.1, -0.05) is 19.1 Å². The number of hydrazine groups is 1. The maximum atomic E-state index is 12.2. The molecule has 2 aromatic rings. The van der Waals surface area contributed by atoms with Crippen molar-refractivity contribution in [2.45, 2.75) is 26.4 Å².